The maximum absolute atomic E-state index is 5.72. The topological polar surface area (TPSA) is 21.3 Å². The average Bonchev–Trinajstić information content (AvgIpc) is 3.21. The fraction of sp³-hybridized carbons (Fsp3) is 0.647. The molecule has 2 rings (SSSR count). The zero-order chi connectivity index (χ0) is 13.5. The summed E-state index contributed by atoms with van der Waals surface area (Å²) in [5.74, 6) is 1.92. The summed E-state index contributed by atoms with van der Waals surface area (Å²) in [6.45, 7) is 6.31. The average molecular weight is 261 g/mol. The second-order valence-electron chi connectivity index (χ2n) is 5.59. The van der Waals surface area contributed by atoms with Crippen LogP contribution in [0.3, 0.4) is 0 Å². The van der Waals surface area contributed by atoms with E-state index in [-0.39, 0.29) is 0 Å². The molecule has 1 aliphatic carbocycles. The molecule has 0 aliphatic heterocycles. The minimum absolute atomic E-state index is 0.759. The molecule has 2 atom stereocenters. The Balaban J connectivity index is 1.66. The summed E-state index contributed by atoms with van der Waals surface area (Å²) in [4.78, 5) is 0. The first-order valence-electron chi connectivity index (χ1n) is 7.78. The summed E-state index contributed by atoms with van der Waals surface area (Å²) >= 11 is 0. The second kappa shape index (κ2) is 7.54. The van der Waals surface area contributed by atoms with Crippen molar-refractivity contribution in [1.82, 2.24) is 5.32 Å². The maximum Gasteiger partial charge on any atom is 0.119 e. The molecule has 0 saturated heterocycles. The summed E-state index contributed by atoms with van der Waals surface area (Å²) in [7, 11) is 0. The first-order valence-corrected chi connectivity index (χ1v) is 7.78. The number of rotatable bonds is 9. The summed E-state index contributed by atoms with van der Waals surface area (Å²) < 4.78 is 5.72. The molecule has 0 aromatic heterocycles. The van der Waals surface area contributed by atoms with Crippen molar-refractivity contribution in [2.24, 2.45) is 5.92 Å². The van der Waals surface area contributed by atoms with Gasteiger partial charge in [-0.15, -0.1) is 0 Å². The Morgan fingerprint density at radius 3 is 2.58 bits per heavy atom. The predicted molar refractivity (Wildman–Crippen MR) is 80.5 cm³/mol. The number of nitrogens with one attached hydrogen (secondary N) is 1. The number of hydrogen-bond acceptors (Lipinski definition) is 2. The highest BCUT2D eigenvalue weighted by Crippen LogP contribution is 2.33. The Labute approximate surface area is 117 Å². The molecular formula is C17H27NO. The van der Waals surface area contributed by atoms with Gasteiger partial charge in [0.1, 0.15) is 5.75 Å². The Morgan fingerprint density at radius 1 is 1.16 bits per heavy atom. The van der Waals surface area contributed by atoms with Crippen LogP contribution in [-0.4, -0.2) is 12.6 Å². The van der Waals surface area contributed by atoms with Crippen molar-refractivity contribution in [3.8, 4) is 5.75 Å². The molecule has 0 radical (unpaired) electrons. The quantitative estimate of drug-likeness (QED) is 0.674. The fourth-order valence-corrected chi connectivity index (χ4v) is 2.44. The molecule has 1 fully saturated rings. The lowest BCUT2D eigenvalue weighted by Crippen LogP contribution is -2.17. The molecule has 0 spiro atoms. The van der Waals surface area contributed by atoms with E-state index in [1.807, 2.05) is 0 Å². The molecule has 2 nitrogen and oxygen atoms in total. The third-order valence-corrected chi connectivity index (χ3v) is 3.96. The van der Waals surface area contributed by atoms with Gasteiger partial charge in [0.15, 0.2) is 0 Å². The van der Waals surface area contributed by atoms with Crippen LogP contribution in [0.5, 0.6) is 5.75 Å². The number of unbranched alkanes of at least 4 members (excludes halogenated alkanes) is 2. The number of ether oxygens (including phenoxy) is 1. The Morgan fingerprint density at radius 2 is 1.95 bits per heavy atom. The van der Waals surface area contributed by atoms with Gasteiger partial charge in [-0.3, -0.25) is 0 Å². The highest BCUT2D eigenvalue weighted by atomic mass is 16.5. The minimum Gasteiger partial charge on any atom is -0.494 e. The van der Waals surface area contributed by atoms with Crippen LogP contribution in [0.4, 0.5) is 0 Å². The molecule has 1 aromatic carbocycles. The van der Waals surface area contributed by atoms with Gasteiger partial charge in [0, 0.05) is 12.6 Å². The van der Waals surface area contributed by atoms with E-state index in [9.17, 15) is 0 Å². The zero-order valence-corrected chi connectivity index (χ0v) is 12.3. The van der Waals surface area contributed by atoms with E-state index in [4.69, 9.17) is 4.74 Å². The van der Waals surface area contributed by atoms with Crippen LogP contribution in [0, 0.1) is 5.92 Å². The molecule has 1 N–H and O–H groups in total. The lowest BCUT2D eigenvalue weighted by molar-refractivity contribution is 0.306. The van der Waals surface area contributed by atoms with Gasteiger partial charge >= 0.3 is 0 Å². The second-order valence-corrected chi connectivity index (χ2v) is 5.59. The van der Waals surface area contributed by atoms with Crippen molar-refractivity contribution in [2.45, 2.75) is 58.5 Å². The van der Waals surface area contributed by atoms with E-state index in [1.165, 1.54) is 31.2 Å². The summed E-state index contributed by atoms with van der Waals surface area (Å²) in [6.07, 6.45) is 6.31. The minimum atomic E-state index is 0.759. The first kappa shape index (κ1) is 14.4. The molecular weight excluding hydrogens is 234 g/mol. The van der Waals surface area contributed by atoms with Crippen molar-refractivity contribution in [3.05, 3.63) is 29.8 Å². The van der Waals surface area contributed by atoms with E-state index in [0.29, 0.717) is 0 Å². The van der Waals surface area contributed by atoms with E-state index in [1.54, 1.807) is 0 Å². The lowest BCUT2D eigenvalue weighted by Gasteiger charge is -2.08. The summed E-state index contributed by atoms with van der Waals surface area (Å²) in [5.41, 5.74) is 1.35. The van der Waals surface area contributed by atoms with Gasteiger partial charge in [-0.2, -0.15) is 0 Å². The Hall–Kier alpha value is -1.02. The van der Waals surface area contributed by atoms with Crippen LogP contribution in [-0.2, 0) is 6.54 Å². The summed E-state index contributed by atoms with van der Waals surface area (Å²) in [6, 6.07) is 9.28. The van der Waals surface area contributed by atoms with Gasteiger partial charge in [-0.25, -0.2) is 0 Å². The third kappa shape index (κ3) is 4.87. The van der Waals surface area contributed by atoms with Crippen LogP contribution >= 0.6 is 0 Å². The molecule has 1 aliphatic rings. The third-order valence-electron chi connectivity index (χ3n) is 3.96. The van der Waals surface area contributed by atoms with Crippen molar-refractivity contribution >= 4 is 0 Å². The van der Waals surface area contributed by atoms with Crippen LogP contribution in [0.25, 0.3) is 0 Å². The molecule has 1 aromatic rings. The molecule has 106 valence electrons. The molecule has 0 amide bonds. The molecule has 2 heteroatoms. The van der Waals surface area contributed by atoms with Gasteiger partial charge in [-0.05, 0) is 36.5 Å². The van der Waals surface area contributed by atoms with Gasteiger partial charge < -0.3 is 10.1 Å². The van der Waals surface area contributed by atoms with Gasteiger partial charge in [-0.1, -0.05) is 45.2 Å². The van der Waals surface area contributed by atoms with E-state index < -0.39 is 0 Å². The zero-order valence-electron chi connectivity index (χ0n) is 12.3. The van der Waals surface area contributed by atoms with Crippen LogP contribution < -0.4 is 10.1 Å². The smallest absolute Gasteiger partial charge is 0.119 e. The van der Waals surface area contributed by atoms with E-state index in [0.717, 1.165) is 37.3 Å². The largest absolute Gasteiger partial charge is 0.494 e. The summed E-state index contributed by atoms with van der Waals surface area (Å²) in [5, 5.41) is 3.61. The fourth-order valence-electron chi connectivity index (χ4n) is 2.44. The lowest BCUT2D eigenvalue weighted by atomic mass is 10.2. The monoisotopic (exact) mass is 261 g/mol. The molecule has 0 heterocycles. The number of hydrogen-bond donors (Lipinski definition) is 1. The van der Waals surface area contributed by atoms with Crippen molar-refractivity contribution in [2.75, 3.05) is 6.61 Å². The SMILES string of the molecule is CCCCCOc1ccc(CNC2CC2CC)cc1. The first-order chi connectivity index (χ1) is 9.33. The highest BCUT2D eigenvalue weighted by Gasteiger charge is 2.34. The molecule has 1 saturated carbocycles. The Kier molecular flexibility index (Phi) is 5.71. The molecule has 0 bridgehead atoms. The van der Waals surface area contributed by atoms with Crippen molar-refractivity contribution < 1.29 is 4.74 Å². The van der Waals surface area contributed by atoms with Gasteiger partial charge in [0.05, 0.1) is 6.61 Å². The van der Waals surface area contributed by atoms with Crippen LogP contribution in [0.15, 0.2) is 24.3 Å². The van der Waals surface area contributed by atoms with Crippen molar-refractivity contribution in [1.29, 1.82) is 0 Å². The highest BCUT2D eigenvalue weighted by molar-refractivity contribution is 5.27. The predicted octanol–water partition coefficient (Wildman–Crippen LogP) is 4.14. The van der Waals surface area contributed by atoms with E-state index in [2.05, 4.69) is 43.4 Å². The number of benzene rings is 1. The standard InChI is InChI=1S/C17H27NO/c1-3-5-6-11-19-16-9-7-14(8-10-16)13-18-17-12-15(17)4-2/h7-10,15,17-18H,3-6,11-13H2,1-2H3. The van der Waals surface area contributed by atoms with Gasteiger partial charge in [0.2, 0.25) is 0 Å². The normalized spacial score (nSPS) is 21.4. The van der Waals surface area contributed by atoms with Crippen molar-refractivity contribution in [3.63, 3.8) is 0 Å². The van der Waals surface area contributed by atoms with Crippen LogP contribution in [0.2, 0.25) is 0 Å². The van der Waals surface area contributed by atoms with Crippen LogP contribution in [0.1, 0.15) is 51.5 Å². The maximum atomic E-state index is 5.72. The molecule has 19 heavy (non-hydrogen) atoms. The van der Waals surface area contributed by atoms with Gasteiger partial charge in [0.25, 0.3) is 0 Å². The molecule has 2 unspecified atom stereocenters. The Bertz CT molecular complexity index is 360. The van der Waals surface area contributed by atoms with E-state index >= 15 is 0 Å².